The summed E-state index contributed by atoms with van der Waals surface area (Å²) >= 11 is 0. The first-order valence-electron chi connectivity index (χ1n) is 19.4. The number of aliphatic carboxylic acids is 2. The summed E-state index contributed by atoms with van der Waals surface area (Å²) in [6.07, 6.45) is -1.08. The van der Waals surface area contributed by atoms with E-state index in [-0.39, 0.29) is 25.0 Å². The van der Waals surface area contributed by atoms with Crippen LogP contribution in [-0.4, -0.2) is 82.2 Å². The molecule has 0 aromatic heterocycles. The van der Waals surface area contributed by atoms with Crippen LogP contribution in [0.15, 0.2) is 121 Å². The second-order valence-electron chi connectivity index (χ2n) is 14.5. The lowest BCUT2D eigenvalue weighted by Gasteiger charge is -2.27. The van der Waals surface area contributed by atoms with Gasteiger partial charge in [-0.3, -0.25) is 24.0 Å². The summed E-state index contributed by atoms with van der Waals surface area (Å²) in [5, 5.41) is 41.4. The molecule has 0 aliphatic heterocycles. The molecular weight excluding hydrogens is 769 g/mol. The second-order valence-corrected chi connectivity index (χ2v) is 14.5. The minimum Gasteiger partial charge on any atom is -0.508 e. The Hall–Kier alpha value is -7.22. The maximum Gasteiger partial charge on any atom is 0.326 e. The van der Waals surface area contributed by atoms with Crippen molar-refractivity contribution in [2.24, 2.45) is 0 Å². The third-order valence-corrected chi connectivity index (χ3v) is 10.1. The maximum absolute atomic E-state index is 14.3. The van der Waals surface area contributed by atoms with Gasteiger partial charge in [0, 0.05) is 25.7 Å². The first-order chi connectivity index (χ1) is 28.8. The van der Waals surface area contributed by atoms with Crippen molar-refractivity contribution in [1.29, 1.82) is 0 Å². The smallest absolute Gasteiger partial charge is 0.326 e. The number of phenols is 1. The zero-order valence-corrected chi connectivity index (χ0v) is 33.2. The molecule has 5 aromatic rings. The van der Waals surface area contributed by atoms with Gasteiger partial charge in [0.2, 0.25) is 23.6 Å². The Kier molecular flexibility index (Phi) is 15.3. The van der Waals surface area contributed by atoms with Gasteiger partial charge in [-0.05, 0) is 70.6 Å². The first-order valence-corrected chi connectivity index (χ1v) is 19.4. The number of phenolic OH excluding ortho intramolecular Hbond substituents is 1. The molecule has 5 aromatic carbocycles. The van der Waals surface area contributed by atoms with Gasteiger partial charge in [-0.25, -0.2) is 4.79 Å². The van der Waals surface area contributed by atoms with Crippen molar-refractivity contribution in [3.8, 4) is 11.5 Å². The Morgan fingerprint density at radius 3 is 1.57 bits per heavy atom. The van der Waals surface area contributed by atoms with Gasteiger partial charge >= 0.3 is 11.9 Å². The van der Waals surface area contributed by atoms with Crippen LogP contribution in [0, 0.1) is 0 Å². The highest BCUT2D eigenvalue weighted by Gasteiger charge is 2.33. The van der Waals surface area contributed by atoms with Crippen molar-refractivity contribution >= 4 is 46.3 Å². The number of benzene rings is 5. The molecule has 5 atom stereocenters. The monoisotopic (exact) mass is 816 g/mol. The van der Waals surface area contributed by atoms with Crippen molar-refractivity contribution in [3.63, 3.8) is 0 Å². The first kappa shape index (κ1) is 43.9. The predicted octanol–water partition coefficient (Wildman–Crippen LogP) is 4.27. The highest BCUT2D eigenvalue weighted by molar-refractivity contribution is 5.96. The molecule has 5 rings (SSSR count). The predicted molar refractivity (Wildman–Crippen MR) is 223 cm³/mol. The van der Waals surface area contributed by atoms with E-state index in [1.807, 2.05) is 42.5 Å². The fourth-order valence-electron chi connectivity index (χ4n) is 6.63. The molecule has 0 aliphatic carbocycles. The number of carboxylic acid groups (broad SMARTS) is 2. The summed E-state index contributed by atoms with van der Waals surface area (Å²) in [6.45, 7) is 1.73. The normalized spacial score (nSPS) is 13.4. The van der Waals surface area contributed by atoms with Crippen LogP contribution in [-0.2, 0) is 48.0 Å². The molecule has 1 unspecified atom stereocenters. The molecule has 4 amide bonds. The number of ether oxygens (including phenoxy) is 1. The van der Waals surface area contributed by atoms with Gasteiger partial charge in [0.15, 0.2) is 0 Å². The molecule has 60 heavy (non-hydrogen) atoms. The molecule has 0 saturated carbocycles. The highest BCUT2D eigenvalue weighted by Crippen LogP contribution is 2.25. The number of rotatable bonds is 20. The zero-order valence-electron chi connectivity index (χ0n) is 33.2. The summed E-state index contributed by atoms with van der Waals surface area (Å²) in [7, 11) is 1.58. The van der Waals surface area contributed by atoms with Crippen LogP contribution in [0.1, 0.15) is 47.9 Å². The number of nitrogens with one attached hydrogen (secondary N) is 4. The standard InChI is InChI=1S/C46H48N4O10/c1-28(32-15-16-34-27-36(60-2)20-17-33(34)26-32)42(54)48-38(23-29-9-5-3-6-10-29)45(57)49-39(24-30-11-7-4-8-12-30)44(56)47-37(21-22-41(52)53)43(55)50-40(46(58)59)25-31-13-18-35(51)19-14-31/h3-20,26-28,37-40,51H,21-25H2,1-2H3,(H,47,56)(H,48,54)(H,49,57)(H,50,55)(H,52,53)(H,58,59)/t28?,37-,38-,39-,40-/m0/s1. The topological polar surface area (TPSA) is 220 Å². The summed E-state index contributed by atoms with van der Waals surface area (Å²) in [4.78, 5) is 79.7. The Bertz CT molecular complexity index is 2290. The summed E-state index contributed by atoms with van der Waals surface area (Å²) in [5.74, 6) is -5.56. The molecule has 0 bridgehead atoms. The van der Waals surface area contributed by atoms with Crippen LogP contribution in [0.5, 0.6) is 11.5 Å². The van der Waals surface area contributed by atoms with Crippen LogP contribution in [0.2, 0.25) is 0 Å². The van der Waals surface area contributed by atoms with E-state index in [4.69, 9.17) is 4.74 Å². The maximum atomic E-state index is 14.3. The van der Waals surface area contributed by atoms with Crippen LogP contribution >= 0.6 is 0 Å². The Balaban J connectivity index is 1.38. The van der Waals surface area contributed by atoms with Crippen molar-refractivity contribution in [2.45, 2.75) is 69.1 Å². The van der Waals surface area contributed by atoms with Crippen molar-refractivity contribution < 1.29 is 48.8 Å². The minimum absolute atomic E-state index is 0.0329. The lowest BCUT2D eigenvalue weighted by molar-refractivity contribution is -0.143. The quantitative estimate of drug-likeness (QED) is 0.0591. The Morgan fingerprint density at radius 1 is 0.550 bits per heavy atom. The van der Waals surface area contributed by atoms with Crippen molar-refractivity contribution in [2.75, 3.05) is 7.11 Å². The number of carboxylic acids is 2. The molecule has 0 aliphatic rings. The molecule has 14 nitrogen and oxygen atoms in total. The van der Waals surface area contributed by atoms with E-state index in [1.165, 1.54) is 24.3 Å². The van der Waals surface area contributed by atoms with E-state index in [1.54, 1.807) is 68.6 Å². The van der Waals surface area contributed by atoms with E-state index in [2.05, 4.69) is 21.3 Å². The highest BCUT2D eigenvalue weighted by atomic mass is 16.5. The number of carbonyl (C=O) groups excluding carboxylic acids is 4. The number of methoxy groups -OCH3 is 1. The number of fused-ring (bicyclic) bond motifs is 1. The third kappa shape index (κ3) is 12.6. The molecule has 0 spiro atoms. The van der Waals surface area contributed by atoms with E-state index < -0.39 is 78.5 Å². The molecular formula is C46H48N4O10. The largest absolute Gasteiger partial charge is 0.508 e. The van der Waals surface area contributed by atoms with Crippen molar-refractivity contribution in [1.82, 2.24) is 21.3 Å². The van der Waals surface area contributed by atoms with Gasteiger partial charge in [-0.1, -0.05) is 97.1 Å². The van der Waals surface area contributed by atoms with Crippen molar-refractivity contribution in [3.05, 3.63) is 144 Å². The van der Waals surface area contributed by atoms with E-state index in [0.717, 1.165) is 16.3 Å². The molecule has 312 valence electrons. The molecule has 7 N–H and O–H groups in total. The van der Waals surface area contributed by atoms with Crippen LogP contribution in [0.25, 0.3) is 10.8 Å². The minimum atomic E-state index is -1.51. The lowest BCUT2D eigenvalue weighted by atomic mass is 9.96. The average molecular weight is 817 g/mol. The van der Waals surface area contributed by atoms with Crippen LogP contribution < -0.4 is 26.0 Å². The molecule has 0 heterocycles. The fraction of sp³-hybridized carbons (Fsp3) is 0.261. The Labute approximate surface area is 347 Å². The number of amides is 4. The van der Waals surface area contributed by atoms with Crippen LogP contribution in [0.3, 0.4) is 0 Å². The van der Waals surface area contributed by atoms with Gasteiger partial charge in [0.1, 0.15) is 35.7 Å². The number of hydrogen-bond donors (Lipinski definition) is 7. The number of hydrogen-bond acceptors (Lipinski definition) is 8. The second kappa shape index (κ2) is 21.0. The van der Waals surface area contributed by atoms with E-state index in [0.29, 0.717) is 22.4 Å². The summed E-state index contributed by atoms with van der Waals surface area (Å²) in [5.41, 5.74) is 2.59. The van der Waals surface area contributed by atoms with E-state index >= 15 is 0 Å². The zero-order chi connectivity index (χ0) is 43.2. The summed E-state index contributed by atoms with van der Waals surface area (Å²) in [6, 6.07) is 29.3. The fourth-order valence-corrected chi connectivity index (χ4v) is 6.63. The van der Waals surface area contributed by atoms with E-state index in [9.17, 15) is 44.1 Å². The number of aromatic hydroxyl groups is 1. The molecule has 0 radical (unpaired) electrons. The molecule has 14 heteroatoms. The lowest BCUT2D eigenvalue weighted by Crippen LogP contribution is -2.58. The Morgan fingerprint density at radius 2 is 1.02 bits per heavy atom. The molecule has 0 saturated heterocycles. The number of carbonyl (C=O) groups is 6. The third-order valence-electron chi connectivity index (χ3n) is 10.1. The van der Waals surface area contributed by atoms with Gasteiger partial charge in [-0.2, -0.15) is 0 Å². The average Bonchev–Trinajstić information content (AvgIpc) is 3.24. The van der Waals surface area contributed by atoms with Gasteiger partial charge in [0.05, 0.1) is 13.0 Å². The summed E-state index contributed by atoms with van der Waals surface area (Å²) < 4.78 is 5.33. The van der Waals surface area contributed by atoms with Gasteiger partial charge < -0.3 is 41.3 Å². The van der Waals surface area contributed by atoms with Crippen LogP contribution in [0.4, 0.5) is 0 Å². The SMILES string of the molecule is COc1ccc2cc(C(C)C(=O)N[C@@H](Cc3ccccc3)C(=O)N[C@@H](Cc3ccccc3)C(=O)N[C@@H](CCC(=O)O)C(=O)N[C@@H](Cc3ccc(O)cc3)C(=O)O)ccc2c1. The van der Waals surface area contributed by atoms with Gasteiger partial charge in [-0.15, -0.1) is 0 Å². The molecule has 0 fully saturated rings. The van der Waals surface area contributed by atoms with Gasteiger partial charge in [0.25, 0.3) is 0 Å².